The van der Waals surface area contributed by atoms with Gasteiger partial charge in [-0.25, -0.2) is 9.59 Å². The van der Waals surface area contributed by atoms with Crippen LogP contribution in [0.1, 0.15) is 6.42 Å². The summed E-state index contributed by atoms with van der Waals surface area (Å²) in [5.41, 5.74) is 20.3. The molecule has 0 aromatic heterocycles. The van der Waals surface area contributed by atoms with Crippen LogP contribution in [-0.4, -0.2) is 49.1 Å². The molecule has 0 fully saturated rings. The molecule has 0 spiro atoms. The molecule has 0 unspecified atom stereocenters. The standard InChI is InChI=1S/C9H16N4O6/c10-2-7(15)18-3-5(12)9(17)19-8(16)4(11)1-6(13)14/h4-5H,1-3,10-12H2,(H2,13,14)/t4-,5-/m0/s1. The third kappa shape index (κ3) is 7.08. The minimum atomic E-state index is -1.36. The van der Waals surface area contributed by atoms with E-state index in [1.54, 1.807) is 0 Å². The molecule has 0 heterocycles. The molecule has 0 radical (unpaired) electrons. The Kier molecular flexibility index (Phi) is 7.26. The van der Waals surface area contributed by atoms with Crippen LogP contribution < -0.4 is 22.9 Å². The molecule has 0 aliphatic heterocycles. The lowest BCUT2D eigenvalue weighted by Gasteiger charge is -2.12. The highest BCUT2D eigenvalue weighted by atomic mass is 16.6. The maximum absolute atomic E-state index is 11.3. The Labute approximate surface area is 108 Å². The van der Waals surface area contributed by atoms with Crippen molar-refractivity contribution in [2.45, 2.75) is 18.5 Å². The second kappa shape index (κ2) is 8.13. The van der Waals surface area contributed by atoms with Gasteiger partial charge in [0.05, 0.1) is 13.0 Å². The Morgan fingerprint density at radius 2 is 1.53 bits per heavy atom. The lowest BCUT2D eigenvalue weighted by atomic mass is 10.2. The summed E-state index contributed by atoms with van der Waals surface area (Å²) >= 11 is 0. The number of carbonyl (C=O) groups excluding carboxylic acids is 4. The van der Waals surface area contributed by atoms with E-state index in [-0.39, 0.29) is 6.54 Å². The zero-order valence-electron chi connectivity index (χ0n) is 10.0. The highest BCUT2D eigenvalue weighted by molar-refractivity contribution is 5.93. The second-order valence-electron chi connectivity index (χ2n) is 3.51. The summed E-state index contributed by atoms with van der Waals surface area (Å²) in [7, 11) is 0. The number of esters is 3. The Bertz CT molecular complexity index is 372. The Morgan fingerprint density at radius 3 is 2.00 bits per heavy atom. The highest BCUT2D eigenvalue weighted by Crippen LogP contribution is 1.95. The first-order valence-electron chi connectivity index (χ1n) is 5.18. The van der Waals surface area contributed by atoms with Crippen LogP contribution in [0.2, 0.25) is 0 Å². The molecule has 19 heavy (non-hydrogen) atoms. The predicted molar refractivity (Wildman–Crippen MR) is 60.9 cm³/mol. The van der Waals surface area contributed by atoms with Crippen molar-refractivity contribution < 1.29 is 28.7 Å². The number of carbonyl (C=O) groups is 4. The summed E-state index contributed by atoms with van der Waals surface area (Å²) in [6.45, 7) is -0.864. The van der Waals surface area contributed by atoms with E-state index in [1.807, 2.05) is 0 Å². The molecule has 0 rings (SSSR count). The second-order valence-corrected chi connectivity index (χ2v) is 3.51. The SMILES string of the molecule is NCC(=O)OC[C@H](N)C(=O)OC(=O)[C@@H](N)CC(N)=O. The molecule has 1 amide bonds. The summed E-state index contributed by atoms with van der Waals surface area (Å²) in [5, 5.41) is 0. The molecule has 0 saturated carbocycles. The predicted octanol–water partition coefficient (Wildman–Crippen LogP) is -3.91. The van der Waals surface area contributed by atoms with E-state index in [2.05, 4.69) is 9.47 Å². The first-order chi connectivity index (χ1) is 8.77. The minimum absolute atomic E-state index is 0.371. The van der Waals surface area contributed by atoms with E-state index in [1.165, 1.54) is 0 Å². The molecular weight excluding hydrogens is 260 g/mol. The van der Waals surface area contributed by atoms with Crippen molar-refractivity contribution in [2.24, 2.45) is 22.9 Å². The molecule has 108 valence electrons. The number of nitrogens with two attached hydrogens (primary N) is 4. The molecule has 10 nitrogen and oxygen atoms in total. The van der Waals surface area contributed by atoms with Gasteiger partial charge in [-0.05, 0) is 0 Å². The summed E-state index contributed by atoms with van der Waals surface area (Å²) in [6, 6.07) is -2.72. The smallest absolute Gasteiger partial charge is 0.334 e. The normalized spacial score (nSPS) is 13.2. The van der Waals surface area contributed by atoms with Crippen LogP contribution in [0.25, 0.3) is 0 Å². The third-order valence-electron chi connectivity index (χ3n) is 1.82. The Balaban J connectivity index is 4.17. The fourth-order valence-corrected chi connectivity index (χ4v) is 0.860. The molecule has 2 atom stereocenters. The summed E-state index contributed by atoms with van der Waals surface area (Å²) < 4.78 is 8.76. The van der Waals surface area contributed by atoms with Gasteiger partial charge in [0.2, 0.25) is 5.91 Å². The Hall–Kier alpha value is -2.04. The molecule has 0 aromatic carbocycles. The average Bonchev–Trinajstić information content (AvgIpc) is 2.34. The fraction of sp³-hybridized carbons (Fsp3) is 0.556. The molecule has 10 heteroatoms. The summed E-state index contributed by atoms with van der Waals surface area (Å²) in [4.78, 5) is 43.7. The van der Waals surface area contributed by atoms with Gasteiger partial charge in [-0.1, -0.05) is 0 Å². The van der Waals surface area contributed by atoms with Gasteiger partial charge in [-0.3, -0.25) is 9.59 Å². The van der Waals surface area contributed by atoms with E-state index in [0.29, 0.717) is 0 Å². The monoisotopic (exact) mass is 276 g/mol. The zero-order valence-corrected chi connectivity index (χ0v) is 10.0. The molecule has 8 N–H and O–H groups in total. The van der Waals surface area contributed by atoms with Gasteiger partial charge in [0.15, 0.2) is 0 Å². The highest BCUT2D eigenvalue weighted by Gasteiger charge is 2.25. The van der Waals surface area contributed by atoms with Crippen LogP contribution in [-0.2, 0) is 28.7 Å². The third-order valence-corrected chi connectivity index (χ3v) is 1.82. The van der Waals surface area contributed by atoms with Crippen LogP contribution in [0.4, 0.5) is 0 Å². The molecule has 0 aliphatic rings. The van der Waals surface area contributed by atoms with Crippen molar-refractivity contribution in [3.8, 4) is 0 Å². The van der Waals surface area contributed by atoms with E-state index in [0.717, 1.165) is 0 Å². The summed E-state index contributed by atoms with van der Waals surface area (Å²) in [5.74, 6) is -3.88. The molecule has 0 aliphatic carbocycles. The first-order valence-corrected chi connectivity index (χ1v) is 5.18. The number of hydrogen-bond acceptors (Lipinski definition) is 9. The number of hydrogen-bond donors (Lipinski definition) is 4. The van der Waals surface area contributed by atoms with Crippen LogP contribution in [0.5, 0.6) is 0 Å². The van der Waals surface area contributed by atoms with E-state index < -0.39 is 48.9 Å². The zero-order chi connectivity index (χ0) is 15.0. The largest absolute Gasteiger partial charge is 0.462 e. The van der Waals surface area contributed by atoms with Gasteiger partial charge in [-0.2, -0.15) is 0 Å². The van der Waals surface area contributed by atoms with Crippen LogP contribution in [0, 0.1) is 0 Å². The van der Waals surface area contributed by atoms with Crippen molar-refractivity contribution >= 4 is 23.8 Å². The maximum atomic E-state index is 11.3. The number of ether oxygens (including phenoxy) is 2. The lowest BCUT2D eigenvalue weighted by molar-refractivity contribution is -0.163. The topological polar surface area (TPSA) is 191 Å². The molecule has 0 bridgehead atoms. The number of amides is 1. The quantitative estimate of drug-likeness (QED) is 0.265. The first kappa shape index (κ1) is 17.0. The van der Waals surface area contributed by atoms with Gasteiger partial charge in [0.25, 0.3) is 0 Å². The van der Waals surface area contributed by atoms with Crippen molar-refractivity contribution in [2.75, 3.05) is 13.2 Å². The van der Waals surface area contributed by atoms with E-state index in [9.17, 15) is 19.2 Å². The fourth-order valence-electron chi connectivity index (χ4n) is 0.860. The van der Waals surface area contributed by atoms with Gasteiger partial charge in [0, 0.05) is 0 Å². The minimum Gasteiger partial charge on any atom is -0.462 e. The van der Waals surface area contributed by atoms with E-state index in [4.69, 9.17) is 22.9 Å². The molecule has 0 saturated heterocycles. The molecule has 0 aromatic rings. The van der Waals surface area contributed by atoms with Crippen molar-refractivity contribution in [3.05, 3.63) is 0 Å². The molecular formula is C9H16N4O6. The average molecular weight is 276 g/mol. The van der Waals surface area contributed by atoms with Crippen LogP contribution >= 0.6 is 0 Å². The van der Waals surface area contributed by atoms with Crippen molar-refractivity contribution in [3.63, 3.8) is 0 Å². The van der Waals surface area contributed by atoms with Crippen molar-refractivity contribution in [1.29, 1.82) is 0 Å². The number of rotatable bonds is 7. The lowest BCUT2D eigenvalue weighted by Crippen LogP contribution is -2.43. The van der Waals surface area contributed by atoms with Crippen LogP contribution in [0.15, 0.2) is 0 Å². The van der Waals surface area contributed by atoms with Gasteiger partial charge >= 0.3 is 17.9 Å². The van der Waals surface area contributed by atoms with Gasteiger partial charge in [0.1, 0.15) is 18.7 Å². The van der Waals surface area contributed by atoms with Crippen LogP contribution in [0.3, 0.4) is 0 Å². The van der Waals surface area contributed by atoms with Crippen molar-refractivity contribution in [1.82, 2.24) is 0 Å². The maximum Gasteiger partial charge on any atom is 0.334 e. The number of primary amides is 1. The summed E-state index contributed by atoms with van der Waals surface area (Å²) in [6.07, 6.45) is -0.469. The van der Waals surface area contributed by atoms with Gasteiger partial charge in [-0.15, -0.1) is 0 Å². The van der Waals surface area contributed by atoms with Gasteiger partial charge < -0.3 is 32.4 Å². The Morgan fingerprint density at radius 1 is 1.00 bits per heavy atom. The van der Waals surface area contributed by atoms with E-state index >= 15 is 0 Å².